The van der Waals surface area contributed by atoms with Crippen molar-refractivity contribution in [1.82, 2.24) is 4.90 Å². The van der Waals surface area contributed by atoms with Gasteiger partial charge in [-0.1, -0.05) is 48.0 Å². The molecule has 2 aromatic carbocycles. The Morgan fingerprint density at radius 2 is 1.72 bits per heavy atom. The number of unbranched alkanes of at least 4 members (excludes halogenated alkanes) is 2. The number of thioether (sulfide) groups is 1. The fourth-order valence-corrected chi connectivity index (χ4v) is 9.20. The molecule has 5 atom stereocenters. The van der Waals surface area contributed by atoms with E-state index < -0.39 is 22.6 Å². The van der Waals surface area contributed by atoms with Crippen LogP contribution in [0.2, 0.25) is 5.02 Å². The van der Waals surface area contributed by atoms with Crippen LogP contribution in [0.1, 0.15) is 26.2 Å². The van der Waals surface area contributed by atoms with Crippen LogP contribution >= 0.6 is 23.4 Å². The number of benzene rings is 2. The molecular weight excluding hydrogens is 586 g/mol. The van der Waals surface area contributed by atoms with Gasteiger partial charge in [-0.15, -0.1) is 11.8 Å². The van der Waals surface area contributed by atoms with Crippen LogP contribution in [0, 0.1) is 11.8 Å². The van der Waals surface area contributed by atoms with Crippen molar-refractivity contribution in [3.63, 3.8) is 0 Å². The number of aliphatic hydroxyl groups excluding tert-OH is 1. The number of carbonyl (C=O) groups is 3. The predicted molar refractivity (Wildman–Crippen MR) is 170 cm³/mol. The van der Waals surface area contributed by atoms with E-state index >= 15 is 0 Å². The molecule has 0 aliphatic carbocycles. The molecular formula is C33H36ClN3O5S. The molecule has 1 N–H and O–H groups in total. The smallest absolute Gasteiger partial charge is 0.251 e. The van der Waals surface area contributed by atoms with Crippen LogP contribution in [0.25, 0.3) is 0 Å². The molecule has 1 spiro atoms. The Bertz CT molecular complexity index is 1450. The monoisotopic (exact) mass is 621 g/mol. The van der Waals surface area contributed by atoms with Crippen molar-refractivity contribution in [2.75, 3.05) is 42.6 Å². The van der Waals surface area contributed by atoms with Gasteiger partial charge in [0.1, 0.15) is 11.8 Å². The van der Waals surface area contributed by atoms with Crippen molar-refractivity contribution in [2.45, 2.75) is 42.2 Å². The second kappa shape index (κ2) is 12.4. The number of hydrogen-bond acceptors (Lipinski definition) is 6. The molecule has 0 bridgehead atoms. The molecule has 10 heteroatoms. The predicted octanol–water partition coefficient (Wildman–Crippen LogP) is 4.70. The minimum atomic E-state index is -0.904. The molecule has 226 valence electrons. The Balaban J connectivity index is 1.38. The molecule has 4 aliphatic rings. The normalized spacial score (nSPS) is 28.1. The van der Waals surface area contributed by atoms with Gasteiger partial charge >= 0.3 is 0 Å². The molecule has 4 heterocycles. The summed E-state index contributed by atoms with van der Waals surface area (Å²) in [6.07, 6.45) is 10.0. The van der Waals surface area contributed by atoms with E-state index in [1.807, 2.05) is 73.7 Å². The zero-order valence-corrected chi connectivity index (χ0v) is 25.7. The third kappa shape index (κ3) is 5.15. The average molecular weight is 622 g/mol. The zero-order chi connectivity index (χ0) is 30.1. The summed E-state index contributed by atoms with van der Waals surface area (Å²) in [6, 6.07) is 13.9. The number of hydrogen-bond donors (Lipinski definition) is 1. The molecule has 2 aromatic rings. The highest BCUT2D eigenvalue weighted by atomic mass is 35.5. The number of rotatable bonds is 9. The number of nitrogens with zero attached hydrogens (tertiary/aromatic N) is 3. The summed E-state index contributed by atoms with van der Waals surface area (Å²) >= 11 is 8.12. The van der Waals surface area contributed by atoms with Crippen LogP contribution in [-0.2, 0) is 14.4 Å². The van der Waals surface area contributed by atoms with Gasteiger partial charge < -0.3 is 24.5 Å². The quantitative estimate of drug-likeness (QED) is 0.322. The minimum absolute atomic E-state index is 0.0771. The van der Waals surface area contributed by atoms with E-state index in [0.717, 1.165) is 17.9 Å². The molecule has 0 radical (unpaired) electrons. The number of fused-ring (bicyclic) bond motifs is 2. The number of amides is 3. The lowest BCUT2D eigenvalue weighted by Gasteiger charge is -2.35. The maximum absolute atomic E-state index is 14.5. The van der Waals surface area contributed by atoms with Gasteiger partial charge in [0.2, 0.25) is 11.8 Å². The summed E-state index contributed by atoms with van der Waals surface area (Å²) in [6.45, 7) is 3.65. The number of aliphatic hydroxyl groups is 1. The second-order valence-electron chi connectivity index (χ2n) is 11.3. The summed E-state index contributed by atoms with van der Waals surface area (Å²) in [5.41, 5.74) is 1.34. The Labute approximate surface area is 261 Å². The van der Waals surface area contributed by atoms with Crippen LogP contribution in [-0.4, -0.2) is 76.6 Å². The van der Waals surface area contributed by atoms with Crippen molar-refractivity contribution < 1.29 is 24.2 Å². The first-order chi connectivity index (χ1) is 20.9. The van der Waals surface area contributed by atoms with Crippen LogP contribution in [0.4, 0.5) is 11.4 Å². The molecule has 4 aliphatic heterocycles. The van der Waals surface area contributed by atoms with Gasteiger partial charge in [-0.05, 0) is 62.6 Å². The molecule has 3 amide bonds. The Kier molecular flexibility index (Phi) is 8.58. The zero-order valence-electron chi connectivity index (χ0n) is 24.1. The van der Waals surface area contributed by atoms with Gasteiger partial charge in [0.05, 0.1) is 33.9 Å². The van der Waals surface area contributed by atoms with Gasteiger partial charge in [0.25, 0.3) is 5.91 Å². The Morgan fingerprint density at radius 3 is 2.47 bits per heavy atom. The third-order valence-corrected chi connectivity index (χ3v) is 10.9. The number of likely N-dealkylation sites (tertiary alicyclic amines) is 1. The number of para-hydroxylation sites is 1. The fourth-order valence-electron chi connectivity index (χ4n) is 6.96. The largest absolute Gasteiger partial charge is 0.494 e. The summed E-state index contributed by atoms with van der Waals surface area (Å²) < 4.78 is 4.69. The number of carbonyl (C=O) groups excluding carboxylic acids is 3. The molecule has 43 heavy (non-hydrogen) atoms. The molecule has 0 saturated carbocycles. The van der Waals surface area contributed by atoms with Gasteiger partial charge in [0.15, 0.2) is 0 Å². The maximum Gasteiger partial charge on any atom is 0.251 e. The fraction of sp³-hybridized carbons (Fsp3) is 0.424. The highest BCUT2D eigenvalue weighted by Crippen LogP contribution is 2.61. The van der Waals surface area contributed by atoms with Crippen molar-refractivity contribution in [1.29, 1.82) is 0 Å². The lowest BCUT2D eigenvalue weighted by Crippen LogP contribution is -2.53. The molecule has 2 saturated heterocycles. The third-order valence-electron chi connectivity index (χ3n) is 8.82. The lowest BCUT2D eigenvalue weighted by molar-refractivity contribution is -0.138. The number of halogens is 1. The summed E-state index contributed by atoms with van der Waals surface area (Å²) in [7, 11) is 0. The van der Waals surface area contributed by atoms with Gasteiger partial charge in [-0.25, -0.2) is 0 Å². The van der Waals surface area contributed by atoms with Gasteiger partial charge in [0, 0.05) is 37.2 Å². The maximum atomic E-state index is 14.5. The first-order valence-corrected chi connectivity index (χ1v) is 16.2. The molecule has 1 unspecified atom stereocenters. The van der Waals surface area contributed by atoms with Gasteiger partial charge in [-0.3, -0.25) is 14.4 Å². The topological polar surface area (TPSA) is 90.4 Å². The Hall–Kier alpha value is -3.27. The first kappa shape index (κ1) is 29.8. The molecule has 6 rings (SSSR count). The summed E-state index contributed by atoms with van der Waals surface area (Å²) in [4.78, 5) is 48.5. The molecule has 2 fully saturated rings. The van der Waals surface area contributed by atoms with E-state index in [-0.39, 0.29) is 29.6 Å². The van der Waals surface area contributed by atoms with E-state index in [1.54, 1.807) is 32.5 Å². The second-order valence-corrected chi connectivity index (χ2v) is 13.2. The van der Waals surface area contributed by atoms with E-state index in [2.05, 4.69) is 0 Å². The van der Waals surface area contributed by atoms with Crippen molar-refractivity contribution in [3.05, 3.63) is 77.9 Å². The highest BCUT2D eigenvalue weighted by molar-refractivity contribution is 8.02. The number of ether oxygens (including phenoxy) is 1. The first-order valence-electron chi connectivity index (χ1n) is 14.9. The average Bonchev–Trinajstić information content (AvgIpc) is 3.31. The van der Waals surface area contributed by atoms with Gasteiger partial charge in [-0.2, -0.15) is 0 Å². The van der Waals surface area contributed by atoms with Crippen molar-refractivity contribution >= 4 is 52.5 Å². The van der Waals surface area contributed by atoms with E-state index in [9.17, 15) is 19.5 Å². The van der Waals surface area contributed by atoms with E-state index in [0.29, 0.717) is 49.8 Å². The summed E-state index contributed by atoms with van der Waals surface area (Å²) in [5, 5.41) is 9.53. The van der Waals surface area contributed by atoms with Crippen LogP contribution in [0.5, 0.6) is 5.75 Å². The number of anilines is 2. The highest BCUT2D eigenvalue weighted by Gasteiger charge is 2.71. The van der Waals surface area contributed by atoms with E-state index in [4.69, 9.17) is 16.3 Å². The van der Waals surface area contributed by atoms with Crippen molar-refractivity contribution in [3.8, 4) is 5.75 Å². The van der Waals surface area contributed by atoms with Crippen LogP contribution in [0.15, 0.2) is 72.8 Å². The van der Waals surface area contributed by atoms with Crippen LogP contribution in [0.3, 0.4) is 0 Å². The Morgan fingerprint density at radius 1 is 0.953 bits per heavy atom. The lowest BCUT2D eigenvalue weighted by atomic mass is 9.78. The molecule has 0 aromatic heterocycles. The SMILES string of the molecule is CCOc1ccc(N2CC=C[C@@H]3S[C@]45C=CCN(c6ccccc6Cl)C(=O)C4N(CCCCCO)C(=O)[C@@H]5[C@@H]3C2=O)cc1. The van der Waals surface area contributed by atoms with Crippen molar-refractivity contribution in [2.24, 2.45) is 11.8 Å². The van der Waals surface area contributed by atoms with E-state index in [1.165, 1.54) is 0 Å². The van der Waals surface area contributed by atoms with Crippen LogP contribution < -0.4 is 14.5 Å². The standard InChI is InChI=1S/C33H36ClN3O5S/c1-2-42-23-15-13-22(14-16-23)35-19-8-12-26-27(30(35)39)28-31(40)37(18-6-3-7-21-38)29-32(41)36(20-9-17-33(28,29)43-26)25-11-5-4-10-24(25)34/h4-5,8-17,26-29,38H,2-3,6-7,18-21H2,1H3/t26-,27+,28-,29?,33-/m0/s1. The molecule has 8 nitrogen and oxygen atoms in total. The minimum Gasteiger partial charge on any atom is -0.494 e. The summed E-state index contributed by atoms with van der Waals surface area (Å²) in [5.74, 6) is -1.07.